The molecule has 25 heavy (non-hydrogen) atoms. The lowest BCUT2D eigenvalue weighted by Gasteiger charge is -2.32. The smallest absolute Gasteiger partial charge is 0.228 e. The highest BCUT2D eigenvalue weighted by Crippen LogP contribution is 2.27. The molecule has 0 aromatic heterocycles. The maximum Gasteiger partial charge on any atom is 0.228 e. The van der Waals surface area contributed by atoms with Crippen LogP contribution in [-0.4, -0.2) is 48.8 Å². The van der Waals surface area contributed by atoms with Gasteiger partial charge in [-0.2, -0.15) is 0 Å². The van der Waals surface area contributed by atoms with Crippen molar-refractivity contribution >= 4 is 23.4 Å². The molecule has 0 bridgehead atoms. The summed E-state index contributed by atoms with van der Waals surface area (Å²) in [7, 11) is 0. The van der Waals surface area contributed by atoms with Gasteiger partial charge in [-0.25, -0.2) is 0 Å². The van der Waals surface area contributed by atoms with Gasteiger partial charge in [-0.3, -0.25) is 14.4 Å². The molecule has 1 aromatic rings. The minimum Gasteiger partial charge on any atom is -0.356 e. The maximum absolute atomic E-state index is 12.8. The molecule has 0 aliphatic carbocycles. The Balaban J connectivity index is 1.56. The predicted molar refractivity (Wildman–Crippen MR) is 94.9 cm³/mol. The summed E-state index contributed by atoms with van der Waals surface area (Å²) in [5, 5.41) is 2.85. The second kappa shape index (κ2) is 7.68. The molecular weight excluding hydrogens is 318 g/mol. The molecule has 134 valence electrons. The highest BCUT2D eigenvalue weighted by molar-refractivity contribution is 6.00. The molecule has 2 aliphatic heterocycles. The van der Waals surface area contributed by atoms with E-state index < -0.39 is 0 Å². The van der Waals surface area contributed by atoms with Gasteiger partial charge in [0.15, 0.2) is 0 Å². The van der Waals surface area contributed by atoms with Crippen LogP contribution in [0.15, 0.2) is 30.3 Å². The fraction of sp³-hybridized carbons (Fsp3) is 0.526. The fourth-order valence-electron chi connectivity index (χ4n) is 3.67. The van der Waals surface area contributed by atoms with E-state index >= 15 is 0 Å². The number of piperidine rings is 1. The van der Waals surface area contributed by atoms with Crippen LogP contribution < -0.4 is 10.2 Å². The third kappa shape index (κ3) is 3.83. The lowest BCUT2D eigenvalue weighted by atomic mass is 9.94. The Morgan fingerprint density at radius 3 is 2.44 bits per heavy atom. The summed E-state index contributed by atoms with van der Waals surface area (Å²) in [6.07, 6.45) is 1.66. The molecule has 2 heterocycles. The Morgan fingerprint density at radius 2 is 1.80 bits per heavy atom. The number of rotatable bonds is 4. The first-order valence-corrected chi connectivity index (χ1v) is 9.02. The minimum atomic E-state index is -0.284. The molecule has 1 atom stereocenters. The van der Waals surface area contributed by atoms with Gasteiger partial charge in [-0.1, -0.05) is 18.2 Å². The highest BCUT2D eigenvalue weighted by atomic mass is 16.2. The van der Waals surface area contributed by atoms with Crippen molar-refractivity contribution in [3.63, 3.8) is 0 Å². The van der Waals surface area contributed by atoms with Crippen molar-refractivity contribution in [2.24, 2.45) is 11.8 Å². The second-order valence-corrected chi connectivity index (χ2v) is 6.74. The molecular formula is C19H25N3O3. The van der Waals surface area contributed by atoms with E-state index in [-0.39, 0.29) is 36.0 Å². The van der Waals surface area contributed by atoms with Crippen LogP contribution in [0.4, 0.5) is 5.69 Å². The van der Waals surface area contributed by atoms with Crippen molar-refractivity contribution < 1.29 is 14.4 Å². The summed E-state index contributed by atoms with van der Waals surface area (Å²) in [6.45, 7) is 4.18. The third-order valence-corrected chi connectivity index (χ3v) is 5.07. The number of likely N-dealkylation sites (tertiary alicyclic amines) is 1. The van der Waals surface area contributed by atoms with Crippen LogP contribution in [0.3, 0.4) is 0 Å². The van der Waals surface area contributed by atoms with Gasteiger partial charge in [-0.15, -0.1) is 0 Å². The van der Waals surface area contributed by atoms with Crippen LogP contribution in [0, 0.1) is 11.8 Å². The molecule has 1 N–H and O–H groups in total. The number of carbonyl (C=O) groups excluding carboxylic acids is 3. The molecule has 0 spiro atoms. The summed E-state index contributed by atoms with van der Waals surface area (Å²) < 4.78 is 0. The molecule has 2 aliphatic rings. The number of anilines is 1. The van der Waals surface area contributed by atoms with Gasteiger partial charge in [-0.05, 0) is 31.9 Å². The van der Waals surface area contributed by atoms with Crippen molar-refractivity contribution in [3.8, 4) is 0 Å². The van der Waals surface area contributed by atoms with Gasteiger partial charge in [0.05, 0.1) is 5.92 Å². The molecule has 1 unspecified atom stereocenters. The van der Waals surface area contributed by atoms with Gasteiger partial charge < -0.3 is 15.1 Å². The number of hydrogen-bond donors (Lipinski definition) is 1. The van der Waals surface area contributed by atoms with Crippen molar-refractivity contribution in [2.45, 2.75) is 26.2 Å². The van der Waals surface area contributed by atoms with Crippen LogP contribution in [-0.2, 0) is 14.4 Å². The zero-order valence-corrected chi connectivity index (χ0v) is 14.6. The molecule has 6 heteroatoms. The Kier molecular flexibility index (Phi) is 5.36. The lowest BCUT2D eigenvalue weighted by Crippen LogP contribution is -2.45. The summed E-state index contributed by atoms with van der Waals surface area (Å²) in [4.78, 5) is 40.5. The van der Waals surface area contributed by atoms with E-state index in [9.17, 15) is 14.4 Å². The van der Waals surface area contributed by atoms with Crippen LogP contribution in [0.25, 0.3) is 0 Å². The summed E-state index contributed by atoms with van der Waals surface area (Å²) >= 11 is 0. The summed E-state index contributed by atoms with van der Waals surface area (Å²) in [5.41, 5.74) is 0.845. The van der Waals surface area contributed by atoms with E-state index in [1.54, 1.807) is 4.90 Å². The largest absolute Gasteiger partial charge is 0.356 e. The number of nitrogens with zero attached hydrogens (tertiary/aromatic N) is 2. The third-order valence-electron chi connectivity index (χ3n) is 5.07. The molecule has 6 nitrogen and oxygen atoms in total. The van der Waals surface area contributed by atoms with E-state index in [1.807, 2.05) is 42.2 Å². The van der Waals surface area contributed by atoms with E-state index in [1.165, 1.54) is 0 Å². The molecule has 0 saturated carbocycles. The zero-order chi connectivity index (χ0) is 17.8. The van der Waals surface area contributed by atoms with E-state index in [4.69, 9.17) is 0 Å². The van der Waals surface area contributed by atoms with Crippen molar-refractivity contribution in [3.05, 3.63) is 30.3 Å². The molecule has 3 rings (SSSR count). The number of nitrogens with one attached hydrogen (secondary N) is 1. The van der Waals surface area contributed by atoms with E-state index in [0.29, 0.717) is 39.0 Å². The number of para-hydroxylation sites is 1. The van der Waals surface area contributed by atoms with Crippen molar-refractivity contribution in [1.29, 1.82) is 0 Å². The number of carbonyl (C=O) groups is 3. The van der Waals surface area contributed by atoms with Crippen LogP contribution >= 0.6 is 0 Å². The average Bonchev–Trinajstić information content (AvgIpc) is 3.04. The lowest BCUT2D eigenvalue weighted by molar-refractivity contribution is -0.139. The Bertz CT molecular complexity index is 639. The predicted octanol–water partition coefficient (Wildman–Crippen LogP) is 1.41. The van der Waals surface area contributed by atoms with E-state index in [0.717, 1.165) is 5.69 Å². The van der Waals surface area contributed by atoms with Crippen LogP contribution in [0.1, 0.15) is 26.2 Å². The van der Waals surface area contributed by atoms with Gasteiger partial charge in [0.25, 0.3) is 0 Å². The first kappa shape index (κ1) is 17.5. The quantitative estimate of drug-likeness (QED) is 0.899. The summed E-state index contributed by atoms with van der Waals surface area (Å²) in [5.74, 6) is -0.160. The van der Waals surface area contributed by atoms with Crippen LogP contribution in [0.2, 0.25) is 0 Å². The monoisotopic (exact) mass is 343 g/mol. The number of hydrogen-bond acceptors (Lipinski definition) is 3. The topological polar surface area (TPSA) is 69.7 Å². The Labute approximate surface area is 148 Å². The van der Waals surface area contributed by atoms with Gasteiger partial charge in [0.1, 0.15) is 0 Å². The van der Waals surface area contributed by atoms with Gasteiger partial charge >= 0.3 is 0 Å². The summed E-state index contributed by atoms with van der Waals surface area (Å²) in [6, 6.07) is 9.48. The fourth-order valence-corrected chi connectivity index (χ4v) is 3.67. The van der Waals surface area contributed by atoms with Gasteiger partial charge in [0, 0.05) is 44.2 Å². The molecule has 3 amide bonds. The molecule has 2 saturated heterocycles. The van der Waals surface area contributed by atoms with Crippen LogP contribution in [0.5, 0.6) is 0 Å². The first-order chi connectivity index (χ1) is 12.1. The average molecular weight is 343 g/mol. The minimum absolute atomic E-state index is 0.00163. The number of benzene rings is 1. The SMILES string of the molecule is CCNC(=O)C1CCN(C(=O)C2CC(=O)N(c3ccccc3)C2)CC1. The molecule has 2 fully saturated rings. The Morgan fingerprint density at radius 1 is 1.12 bits per heavy atom. The second-order valence-electron chi connectivity index (χ2n) is 6.74. The Hall–Kier alpha value is -2.37. The zero-order valence-electron chi connectivity index (χ0n) is 14.6. The maximum atomic E-state index is 12.8. The number of amides is 3. The first-order valence-electron chi connectivity index (χ1n) is 9.02. The standard InChI is InChI=1S/C19H25N3O3/c1-2-20-18(24)14-8-10-21(11-9-14)19(25)15-12-17(23)22(13-15)16-6-4-3-5-7-16/h3-7,14-15H,2,8-13H2,1H3,(H,20,24). The van der Waals surface area contributed by atoms with Crippen molar-refractivity contribution in [1.82, 2.24) is 10.2 Å². The normalized spacial score (nSPS) is 21.5. The molecule has 1 aromatic carbocycles. The van der Waals surface area contributed by atoms with E-state index in [2.05, 4.69) is 5.32 Å². The van der Waals surface area contributed by atoms with Crippen molar-refractivity contribution in [2.75, 3.05) is 31.1 Å². The molecule has 0 radical (unpaired) electrons. The highest BCUT2D eigenvalue weighted by Gasteiger charge is 2.38. The van der Waals surface area contributed by atoms with Gasteiger partial charge in [0.2, 0.25) is 17.7 Å².